The third-order valence-electron chi connectivity index (χ3n) is 5.39. The van der Waals surface area contributed by atoms with E-state index in [2.05, 4.69) is 21.4 Å². The van der Waals surface area contributed by atoms with Gasteiger partial charge in [0.05, 0.1) is 11.4 Å². The van der Waals surface area contributed by atoms with Gasteiger partial charge in [-0.3, -0.25) is 9.59 Å². The van der Waals surface area contributed by atoms with E-state index < -0.39 is 0 Å². The topological polar surface area (TPSA) is 97.4 Å². The van der Waals surface area contributed by atoms with E-state index in [9.17, 15) is 9.59 Å². The molecular weight excluding hydrogens is 428 g/mol. The second-order valence-corrected chi connectivity index (χ2v) is 8.66. The number of benzene rings is 1. The van der Waals surface area contributed by atoms with Crippen LogP contribution in [0.3, 0.4) is 0 Å². The summed E-state index contributed by atoms with van der Waals surface area (Å²) in [5.74, 6) is 1.16. The molecular formula is C22H26N6O3S. The van der Waals surface area contributed by atoms with Crippen LogP contribution in [0.1, 0.15) is 28.7 Å². The lowest BCUT2D eigenvalue weighted by Gasteiger charge is -2.34. The zero-order chi connectivity index (χ0) is 22.7. The molecule has 0 spiro atoms. The minimum absolute atomic E-state index is 0.0281. The molecule has 3 heterocycles. The highest BCUT2D eigenvalue weighted by Crippen LogP contribution is 2.25. The van der Waals surface area contributed by atoms with Crippen LogP contribution < -0.4 is 0 Å². The minimum Gasteiger partial charge on any atom is -0.351 e. The summed E-state index contributed by atoms with van der Waals surface area (Å²) in [5.41, 5.74) is 2.85. The molecule has 0 atom stereocenters. The first-order valence-electron chi connectivity index (χ1n) is 10.6. The molecule has 168 valence electrons. The van der Waals surface area contributed by atoms with E-state index in [0.29, 0.717) is 38.4 Å². The summed E-state index contributed by atoms with van der Waals surface area (Å²) in [6.07, 6.45) is 0. The van der Waals surface area contributed by atoms with Crippen LogP contribution in [0, 0.1) is 13.8 Å². The Morgan fingerprint density at radius 3 is 2.47 bits per heavy atom. The normalized spacial score (nSPS) is 14.1. The smallest absolute Gasteiger partial charge is 0.292 e. The van der Waals surface area contributed by atoms with E-state index in [1.165, 1.54) is 11.8 Å². The van der Waals surface area contributed by atoms with E-state index >= 15 is 0 Å². The molecule has 10 heteroatoms. The summed E-state index contributed by atoms with van der Waals surface area (Å²) in [4.78, 5) is 28.7. The van der Waals surface area contributed by atoms with E-state index in [1.54, 1.807) is 22.8 Å². The van der Waals surface area contributed by atoms with Gasteiger partial charge in [0.2, 0.25) is 11.7 Å². The van der Waals surface area contributed by atoms with Gasteiger partial charge in [-0.25, -0.2) is 0 Å². The highest BCUT2D eigenvalue weighted by atomic mass is 32.2. The van der Waals surface area contributed by atoms with Crippen LogP contribution in [0.4, 0.5) is 0 Å². The van der Waals surface area contributed by atoms with E-state index in [4.69, 9.17) is 4.52 Å². The average Bonchev–Trinajstić information content (AvgIpc) is 3.43. The second kappa shape index (κ2) is 9.56. The first kappa shape index (κ1) is 22.1. The molecule has 0 saturated carbocycles. The second-order valence-electron chi connectivity index (χ2n) is 7.71. The van der Waals surface area contributed by atoms with Crippen molar-refractivity contribution >= 4 is 23.6 Å². The molecule has 4 rings (SSSR count). The number of piperazine rings is 1. The average molecular weight is 455 g/mol. The van der Waals surface area contributed by atoms with Crippen molar-refractivity contribution in [3.05, 3.63) is 47.3 Å². The lowest BCUT2D eigenvalue weighted by atomic mass is 10.1. The number of amides is 2. The molecule has 1 fully saturated rings. The monoisotopic (exact) mass is 454 g/mol. The van der Waals surface area contributed by atoms with Crippen LogP contribution in [0.2, 0.25) is 0 Å². The van der Waals surface area contributed by atoms with E-state index in [1.807, 2.05) is 36.6 Å². The number of rotatable bonds is 6. The van der Waals surface area contributed by atoms with Gasteiger partial charge in [-0.1, -0.05) is 40.7 Å². The zero-order valence-electron chi connectivity index (χ0n) is 18.4. The number of nitrogens with zero attached hydrogens (tertiary/aromatic N) is 6. The Morgan fingerprint density at radius 2 is 1.81 bits per heavy atom. The van der Waals surface area contributed by atoms with Crippen LogP contribution in [0.25, 0.3) is 11.4 Å². The summed E-state index contributed by atoms with van der Waals surface area (Å²) in [7, 11) is 0. The predicted octanol–water partition coefficient (Wildman–Crippen LogP) is 2.65. The van der Waals surface area contributed by atoms with Crippen LogP contribution in [-0.2, 0) is 11.3 Å². The number of hydrogen-bond donors (Lipinski definition) is 0. The molecule has 1 aliphatic heterocycles. The van der Waals surface area contributed by atoms with E-state index in [0.717, 1.165) is 22.1 Å². The minimum atomic E-state index is -0.188. The number of hydrogen-bond acceptors (Lipinski definition) is 7. The maximum atomic E-state index is 12.8. The number of carbonyl (C=O) groups is 2. The third-order valence-corrected chi connectivity index (χ3v) is 6.34. The van der Waals surface area contributed by atoms with Gasteiger partial charge in [0.25, 0.3) is 5.91 Å². The number of carbonyl (C=O) groups excluding carboxylic acids is 2. The quantitative estimate of drug-likeness (QED) is 0.528. The Morgan fingerprint density at radius 1 is 1.06 bits per heavy atom. The first-order chi connectivity index (χ1) is 15.5. The van der Waals surface area contributed by atoms with Crippen molar-refractivity contribution in [1.29, 1.82) is 0 Å². The molecule has 0 radical (unpaired) electrons. The molecule has 1 saturated heterocycles. The molecule has 2 aromatic heterocycles. The Balaban J connectivity index is 1.33. The Bertz CT molecular complexity index is 1120. The molecule has 0 N–H and O–H groups in total. The van der Waals surface area contributed by atoms with Crippen molar-refractivity contribution in [3.63, 3.8) is 0 Å². The van der Waals surface area contributed by atoms with Crippen LogP contribution in [0.15, 0.2) is 40.0 Å². The first-order valence-corrected chi connectivity index (χ1v) is 11.6. The number of aryl methyl sites for hydroxylation is 2. The fourth-order valence-electron chi connectivity index (χ4n) is 3.67. The lowest BCUT2D eigenvalue weighted by molar-refractivity contribution is -0.129. The third kappa shape index (κ3) is 4.69. The Labute approximate surface area is 190 Å². The maximum Gasteiger partial charge on any atom is 0.292 e. The molecule has 0 bridgehead atoms. The fraction of sp³-hybridized carbons (Fsp3) is 0.409. The summed E-state index contributed by atoms with van der Waals surface area (Å²) < 4.78 is 7.09. The van der Waals surface area contributed by atoms with Crippen LogP contribution in [-0.4, -0.2) is 73.5 Å². The summed E-state index contributed by atoms with van der Waals surface area (Å²) >= 11 is 1.39. The fourth-order valence-corrected chi connectivity index (χ4v) is 4.58. The van der Waals surface area contributed by atoms with Crippen LogP contribution in [0.5, 0.6) is 0 Å². The molecule has 32 heavy (non-hydrogen) atoms. The van der Waals surface area contributed by atoms with Crippen molar-refractivity contribution in [2.24, 2.45) is 0 Å². The highest BCUT2D eigenvalue weighted by molar-refractivity contribution is 7.99. The molecule has 3 aromatic rings. The Hall–Kier alpha value is -3.14. The molecule has 1 aliphatic rings. The largest absolute Gasteiger partial charge is 0.351 e. The number of aromatic nitrogens is 4. The van der Waals surface area contributed by atoms with Gasteiger partial charge in [0.15, 0.2) is 11.0 Å². The van der Waals surface area contributed by atoms with Crippen molar-refractivity contribution in [1.82, 2.24) is 29.7 Å². The zero-order valence-corrected chi connectivity index (χ0v) is 19.3. The molecule has 2 amide bonds. The van der Waals surface area contributed by atoms with Gasteiger partial charge in [0, 0.05) is 44.4 Å². The molecule has 0 aliphatic carbocycles. The molecule has 9 nitrogen and oxygen atoms in total. The molecule has 0 unspecified atom stereocenters. The van der Waals surface area contributed by atoms with E-state index in [-0.39, 0.29) is 23.3 Å². The summed E-state index contributed by atoms with van der Waals surface area (Å²) in [6.45, 7) is 8.51. The molecule has 1 aromatic carbocycles. The SMILES string of the molecule is CCn1c(SCC(=O)N2CCN(C(=O)c3cc(C)no3)CC2)nnc1-c1cccc(C)c1. The van der Waals surface area contributed by atoms with Gasteiger partial charge in [-0.15, -0.1) is 10.2 Å². The van der Waals surface area contributed by atoms with Gasteiger partial charge in [0.1, 0.15) is 0 Å². The lowest BCUT2D eigenvalue weighted by Crippen LogP contribution is -2.51. The van der Waals surface area contributed by atoms with Gasteiger partial charge in [-0.2, -0.15) is 0 Å². The van der Waals surface area contributed by atoms with Crippen molar-refractivity contribution < 1.29 is 14.1 Å². The Kier molecular flexibility index (Phi) is 6.59. The summed E-state index contributed by atoms with van der Waals surface area (Å²) in [5, 5.41) is 13.2. The van der Waals surface area contributed by atoms with Gasteiger partial charge < -0.3 is 18.9 Å². The highest BCUT2D eigenvalue weighted by Gasteiger charge is 2.27. The van der Waals surface area contributed by atoms with Crippen molar-refractivity contribution in [2.45, 2.75) is 32.5 Å². The standard InChI is InChI=1S/C22H26N6O3S/c1-4-28-20(17-7-5-6-15(2)12-17)23-24-22(28)32-14-19(29)26-8-10-27(11-9-26)21(30)18-13-16(3)25-31-18/h5-7,12-13H,4,8-11,14H2,1-3H3. The number of thioether (sulfide) groups is 1. The van der Waals surface area contributed by atoms with Crippen molar-refractivity contribution in [2.75, 3.05) is 31.9 Å². The van der Waals surface area contributed by atoms with Gasteiger partial charge >= 0.3 is 0 Å². The summed E-state index contributed by atoms with van der Waals surface area (Å²) in [6, 6.07) is 9.78. The maximum absolute atomic E-state index is 12.8. The van der Waals surface area contributed by atoms with Gasteiger partial charge in [-0.05, 0) is 26.8 Å². The van der Waals surface area contributed by atoms with Crippen molar-refractivity contribution in [3.8, 4) is 11.4 Å². The van der Waals surface area contributed by atoms with Crippen LogP contribution >= 0.6 is 11.8 Å². The predicted molar refractivity (Wildman–Crippen MR) is 120 cm³/mol.